The maximum absolute atomic E-state index is 12.2. The Morgan fingerprint density at radius 1 is 1.14 bits per heavy atom. The minimum Gasteiger partial charge on any atom is -0.346 e. The molecule has 0 saturated heterocycles. The van der Waals surface area contributed by atoms with E-state index in [0.29, 0.717) is 12.1 Å². The first-order valence-electron chi connectivity index (χ1n) is 6.91. The van der Waals surface area contributed by atoms with E-state index in [0.717, 1.165) is 22.2 Å². The van der Waals surface area contributed by atoms with Gasteiger partial charge in [-0.1, -0.05) is 36.4 Å². The maximum atomic E-state index is 12.2. The van der Waals surface area contributed by atoms with Gasteiger partial charge in [-0.05, 0) is 24.6 Å². The molecule has 4 nitrogen and oxygen atoms in total. The van der Waals surface area contributed by atoms with E-state index in [1.165, 1.54) is 0 Å². The van der Waals surface area contributed by atoms with Crippen molar-refractivity contribution in [1.29, 1.82) is 0 Å². The first kappa shape index (κ1) is 13.4. The van der Waals surface area contributed by atoms with Gasteiger partial charge in [-0.15, -0.1) is 0 Å². The second kappa shape index (κ2) is 5.40. The number of hydrogen-bond donors (Lipinski definition) is 1. The Morgan fingerprint density at radius 2 is 1.86 bits per heavy atom. The Balaban J connectivity index is 1.81. The molecule has 1 heterocycles. The largest absolute Gasteiger partial charge is 0.346 e. The standard InChI is InChI=1S/C17H17N3O/c1-12-7-3-4-8-13(12)17(21)18-11-15-14-9-5-6-10-16(14)20(2)19-15/h3-10H,11H2,1-2H3,(H,18,21). The lowest BCUT2D eigenvalue weighted by molar-refractivity contribution is 0.0950. The molecule has 0 fully saturated rings. The minimum atomic E-state index is -0.0668. The lowest BCUT2D eigenvalue weighted by atomic mass is 10.1. The highest BCUT2D eigenvalue weighted by molar-refractivity contribution is 5.95. The van der Waals surface area contributed by atoms with Crippen molar-refractivity contribution in [2.45, 2.75) is 13.5 Å². The number of carbonyl (C=O) groups is 1. The molecule has 3 rings (SSSR count). The summed E-state index contributed by atoms with van der Waals surface area (Å²) in [6, 6.07) is 15.6. The molecular weight excluding hydrogens is 262 g/mol. The molecule has 2 aromatic carbocycles. The van der Waals surface area contributed by atoms with E-state index >= 15 is 0 Å². The van der Waals surface area contributed by atoms with E-state index in [9.17, 15) is 4.79 Å². The molecule has 0 atom stereocenters. The lowest BCUT2D eigenvalue weighted by Crippen LogP contribution is -2.23. The van der Waals surface area contributed by atoms with Crippen molar-refractivity contribution in [1.82, 2.24) is 15.1 Å². The van der Waals surface area contributed by atoms with Gasteiger partial charge in [0.25, 0.3) is 5.91 Å². The molecule has 21 heavy (non-hydrogen) atoms. The number of nitrogens with one attached hydrogen (secondary N) is 1. The molecule has 1 N–H and O–H groups in total. The normalized spacial score (nSPS) is 10.8. The summed E-state index contributed by atoms with van der Waals surface area (Å²) in [7, 11) is 1.91. The Morgan fingerprint density at radius 3 is 2.67 bits per heavy atom. The molecule has 0 bridgehead atoms. The van der Waals surface area contributed by atoms with Gasteiger partial charge in [0.1, 0.15) is 0 Å². The molecular formula is C17H17N3O. The molecule has 1 aromatic heterocycles. The fourth-order valence-electron chi connectivity index (χ4n) is 2.51. The third-order valence-corrected chi connectivity index (χ3v) is 3.64. The predicted molar refractivity (Wildman–Crippen MR) is 83.1 cm³/mol. The quantitative estimate of drug-likeness (QED) is 0.801. The zero-order valence-electron chi connectivity index (χ0n) is 12.1. The van der Waals surface area contributed by atoms with Gasteiger partial charge in [0.2, 0.25) is 0 Å². The van der Waals surface area contributed by atoms with Gasteiger partial charge >= 0.3 is 0 Å². The number of amides is 1. The van der Waals surface area contributed by atoms with E-state index in [1.54, 1.807) is 0 Å². The number of rotatable bonds is 3. The third-order valence-electron chi connectivity index (χ3n) is 3.64. The van der Waals surface area contributed by atoms with Gasteiger partial charge in [0.05, 0.1) is 17.8 Å². The van der Waals surface area contributed by atoms with Crippen LogP contribution in [0.15, 0.2) is 48.5 Å². The van der Waals surface area contributed by atoms with Crippen molar-refractivity contribution in [3.8, 4) is 0 Å². The predicted octanol–water partition coefficient (Wildman–Crippen LogP) is 2.81. The van der Waals surface area contributed by atoms with Gasteiger partial charge < -0.3 is 5.32 Å². The highest BCUT2D eigenvalue weighted by atomic mass is 16.1. The van der Waals surface area contributed by atoms with Crippen molar-refractivity contribution >= 4 is 16.8 Å². The van der Waals surface area contributed by atoms with Crippen molar-refractivity contribution in [3.05, 3.63) is 65.4 Å². The average Bonchev–Trinajstić information content (AvgIpc) is 2.82. The summed E-state index contributed by atoms with van der Waals surface area (Å²) in [6.45, 7) is 2.36. The van der Waals surface area contributed by atoms with Crippen LogP contribution in [0.25, 0.3) is 10.9 Å². The number of aromatic nitrogens is 2. The van der Waals surface area contributed by atoms with E-state index < -0.39 is 0 Å². The Labute approximate surface area is 123 Å². The Hall–Kier alpha value is -2.62. The lowest BCUT2D eigenvalue weighted by Gasteiger charge is -2.06. The zero-order valence-corrected chi connectivity index (χ0v) is 12.1. The summed E-state index contributed by atoms with van der Waals surface area (Å²) in [4.78, 5) is 12.2. The van der Waals surface area contributed by atoms with Gasteiger partial charge in [0, 0.05) is 18.0 Å². The SMILES string of the molecule is Cc1ccccc1C(=O)NCc1nn(C)c2ccccc12. The molecule has 0 aliphatic carbocycles. The second-order valence-electron chi connectivity index (χ2n) is 5.09. The molecule has 0 radical (unpaired) electrons. The van der Waals surface area contributed by atoms with Crippen molar-refractivity contribution in [2.24, 2.45) is 7.05 Å². The van der Waals surface area contributed by atoms with Crippen LogP contribution in [0.4, 0.5) is 0 Å². The summed E-state index contributed by atoms with van der Waals surface area (Å²) in [5.74, 6) is -0.0668. The molecule has 3 aromatic rings. The van der Waals surface area contributed by atoms with Gasteiger partial charge in [-0.25, -0.2) is 0 Å². The second-order valence-corrected chi connectivity index (χ2v) is 5.09. The van der Waals surface area contributed by atoms with E-state index in [4.69, 9.17) is 0 Å². The number of hydrogen-bond acceptors (Lipinski definition) is 2. The highest BCUT2D eigenvalue weighted by Gasteiger charge is 2.11. The first-order valence-corrected chi connectivity index (χ1v) is 6.91. The summed E-state index contributed by atoms with van der Waals surface area (Å²) in [6.07, 6.45) is 0. The Kier molecular flexibility index (Phi) is 3.44. The molecule has 1 amide bonds. The van der Waals surface area contributed by atoms with Crippen molar-refractivity contribution < 1.29 is 4.79 Å². The molecule has 106 valence electrons. The van der Waals surface area contributed by atoms with Crippen LogP contribution in [-0.4, -0.2) is 15.7 Å². The van der Waals surface area contributed by atoms with Gasteiger partial charge in [-0.3, -0.25) is 9.48 Å². The van der Waals surface area contributed by atoms with Crippen LogP contribution < -0.4 is 5.32 Å². The molecule has 0 aliphatic rings. The summed E-state index contributed by atoms with van der Waals surface area (Å²) >= 11 is 0. The smallest absolute Gasteiger partial charge is 0.251 e. The van der Waals surface area contributed by atoms with Gasteiger partial charge in [0.15, 0.2) is 0 Å². The number of fused-ring (bicyclic) bond motifs is 1. The van der Waals surface area contributed by atoms with E-state index in [1.807, 2.05) is 67.2 Å². The molecule has 0 unspecified atom stereocenters. The average molecular weight is 279 g/mol. The molecule has 0 spiro atoms. The van der Waals surface area contributed by atoms with Crippen LogP contribution in [-0.2, 0) is 13.6 Å². The van der Waals surface area contributed by atoms with Gasteiger partial charge in [-0.2, -0.15) is 5.10 Å². The maximum Gasteiger partial charge on any atom is 0.251 e. The number of aryl methyl sites for hydroxylation is 2. The van der Waals surface area contributed by atoms with E-state index in [-0.39, 0.29) is 5.91 Å². The first-order chi connectivity index (χ1) is 10.2. The Bertz CT molecular complexity index is 805. The summed E-state index contributed by atoms with van der Waals surface area (Å²) in [5, 5.41) is 8.50. The number of para-hydroxylation sites is 1. The van der Waals surface area contributed by atoms with Crippen LogP contribution in [0.5, 0.6) is 0 Å². The highest BCUT2D eigenvalue weighted by Crippen LogP contribution is 2.17. The van der Waals surface area contributed by atoms with Crippen LogP contribution in [0.1, 0.15) is 21.6 Å². The van der Waals surface area contributed by atoms with E-state index in [2.05, 4.69) is 10.4 Å². The van der Waals surface area contributed by atoms with Crippen LogP contribution in [0.2, 0.25) is 0 Å². The van der Waals surface area contributed by atoms with Crippen LogP contribution >= 0.6 is 0 Å². The van der Waals surface area contributed by atoms with Crippen molar-refractivity contribution in [3.63, 3.8) is 0 Å². The topological polar surface area (TPSA) is 46.9 Å². The molecule has 4 heteroatoms. The monoisotopic (exact) mass is 279 g/mol. The molecule has 0 saturated carbocycles. The number of benzene rings is 2. The molecule has 0 aliphatic heterocycles. The fourth-order valence-corrected chi connectivity index (χ4v) is 2.51. The van der Waals surface area contributed by atoms with Crippen molar-refractivity contribution in [2.75, 3.05) is 0 Å². The third kappa shape index (κ3) is 2.52. The number of carbonyl (C=O) groups excluding carboxylic acids is 1. The van der Waals surface area contributed by atoms with Crippen LogP contribution in [0.3, 0.4) is 0 Å². The summed E-state index contributed by atoms with van der Waals surface area (Å²) < 4.78 is 1.84. The minimum absolute atomic E-state index is 0.0668. The zero-order chi connectivity index (χ0) is 14.8. The fraction of sp³-hybridized carbons (Fsp3) is 0.176. The van der Waals surface area contributed by atoms with Crippen LogP contribution in [0, 0.1) is 6.92 Å². The summed E-state index contributed by atoms with van der Waals surface area (Å²) in [5.41, 5.74) is 3.63. The number of nitrogens with zero attached hydrogens (tertiary/aromatic N) is 2.